The molecule has 1 heterocycles. The van der Waals surface area contributed by atoms with Crippen LogP contribution in [0.2, 0.25) is 0 Å². The van der Waals surface area contributed by atoms with Crippen LogP contribution in [0.4, 0.5) is 4.79 Å². The second-order valence-corrected chi connectivity index (χ2v) is 6.18. The van der Waals surface area contributed by atoms with Crippen LogP contribution in [0.25, 0.3) is 0 Å². The summed E-state index contributed by atoms with van der Waals surface area (Å²) < 4.78 is 15.5. The molecule has 0 spiro atoms. The lowest BCUT2D eigenvalue weighted by Gasteiger charge is -2.33. The fourth-order valence-electron chi connectivity index (χ4n) is 2.92. The predicted molar refractivity (Wildman–Crippen MR) is 91.8 cm³/mol. The van der Waals surface area contributed by atoms with Gasteiger partial charge in [-0.3, -0.25) is 9.69 Å². The third-order valence-corrected chi connectivity index (χ3v) is 4.51. The molecule has 1 aliphatic heterocycles. The summed E-state index contributed by atoms with van der Waals surface area (Å²) in [6, 6.07) is 9.45. The second-order valence-electron chi connectivity index (χ2n) is 6.18. The molecule has 1 aromatic rings. The first-order chi connectivity index (χ1) is 12.0. The molecule has 25 heavy (non-hydrogen) atoms. The lowest BCUT2D eigenvalue weighted by molar-refractivity contribution is -0.135. The van der Waals surface area contributed by atoms with Crippen molar-refractivity contribution >= 4 is 12.0 Å². The minimum atomic E-state index is -0.931. The Morgan fingerprint density at radius 3 is 2.56 bits per heavy atom. The highest BCUT2D eigenvalue weighted by Gasteiger charge is 2.46. The first-order valence-electron chi connectivity index (χ1n) is 8.33. The topological polar surface area (TPSA) is 77.1 Å². The molecule has 2 amide bonds. The number of carbonyl (C=O) groups excluding carboxylic acids is 2. The van der Waals surface area contributed by atoms with Gasteiger partial charge in [-0.05, 0) is 25.3 Å². The summed E-state index contributed by atoms with van der Waals surface area (Å²) in [7, 11) is 3.01. The zero-order chi connectivity index (χ0) is 18.3. The molecule has 1 aliphatic rings. The van der Waals surface area contributed by atoms with Crippen molar-refractivity contribution in [2.75, 3.05) is 27.3 Å². The highest BCUT2D eigenvalue weighted by atomic mass is 16.7. The minimum Gasteiger partial charge on any atom is -0.445 e. The number of benzene rings is 1. The lowest BCUT2D eigenvalue weighted by Crippen LogP contribution is -2.56. The zero-order valence-electron chi connectivity index (χ0n) is 15.0. The molecule has 2 rings (SSSR count). The fourth-order valence-corrected chi connectivity index (χ4v) is 2.92. The van der Waals surface area contributed by atoms with E-state index < -0.39 is 17.9 Å². The van der Waals surface area contributed by atoms with Crippen LogP contribution in [0, 0.1) is 0 Å². The van der Waals surface area contributed by atoms with E-state index in [4.69, 9.17) is 14.2 Å². The van der Waals surface area contributed by atoms with Crippen LogP contribution in [0.5, 0.6) is 0 Å². The van der Waals surface area contributed by atoms with Crippen LogP contribution in [-0.4, -0.2) is 56.0 Å². The summed E-state index contributed by atoms with van der Waals surface area (Å²) in [5.41, 5.74) is -0.0241. The average Bonchev–Trinajstić information content (AvgIpc) is 3.04. The van der Waals surface area contributed by atoms with Crippen molar-refractivity contribution in [3.63, 3.8) is 0 Å². The quantitative estimate of drug-likeness (QED) is 0.760. The summed E-state index contributed by atoms with van der Waals surface area (Å²) in [4.78, 5) is 26.6. The van der Waals surface area contributed by atoms with Gasteiger partial charge >= 0.3 is 6.09 Å². The maximum absolute atomic E-state index is 12.6. The minimum absolute atomic E-state index is 0.184. The molecule has 0 radical (unpaired) electrons. The van der Waals surface area contributed by atoms with E-state index in [0.29, 0.717) is 13.0 Å². The molecule has 0 saturated carbocycles. The van der Waals surface area contributed by atoms with Gasteiger partial charge in [0.05, 0.1) is 6.54 Å². The third-order valence-electron chi connectivity index (χ3n) is 4.51. The molecule has 1 aromatic carbocycles. The van der Waals surface area contributed by atoms with E-state index in [9.17, 15) is 9.59 Å². The number of rotatable bonds is 7. The van der Waals surface area contributed by atoms with Crippen molar-refractivity contribution in [2.45, 2.75) is 38.2 Å². The number of likely N-dealkylation sites (tertiary alicyclic amines) is 1. The van der Waals surface area contributed by atoms with Gasteiger partial charge < -0.3 is 19.5 Å². The van der Waals surface area contributed by atoms with E-state index in [1.807, 2.05) is 30.3 Å². The molecule has 138 valence electrons. The van der Waals surface area contributed by atoms with Crippen molar-refractivity contribution < 1.29 is 23.8 Å². The molecule has 0 unspecified atom stereocenters. The molecule has 7 nitrogen and oxygen atoms in total. The van der Waals surface area contributed by atoms with Crippen molar-refractivity contribution in [3.05, 3.63) is 35.9 Å². The number of carbonyl (C=O) groups is 2. The monoisotopic (exact) mass is 350 g/mol. The Morgan fingerprint density at radius 2 is 1.92 bits per heavy atom. The first-order valence-corrected chi connectivity index (χ1v) is 8.33. The molecule has 1 fully saturated rings. The van der Waals surface area contributed by atoms with Crippen molar-refractivity contribution in [3.8, 4) is 0 Å². The first kappa shape index (κ1) is 19.2. The smallest absolute Gasteiger partial charge is 0.410 e. The lowest BCUT2D eigenvalue weighted by atomic mass is 9.98. The van der Waals surface area contributed by atoms with E-state index in [-0.39, 0.29) is 19.1 Å². The highest BCUT2D eigenvalue weighted by Crippen LogP contribution is 2.30. The van der Waals surface area contributed by atoms with Gasteiger partial charge in [0.2, 0.25) is 5.91 Å². The number of amides is 2. The van der Waals surface area contributed by atoms with Crippen LogP contribution in [0.3, 0.4) is 0 Å². The molecular weight excluding hydrogens is 324 g/mol. The molecule has 0 aromatic heterocycles. The molecule has 1 N–H and O–H groups in total. The zero-order valence-corrected chi connectivity index (χ0v) is 15.0. The molecule has 1 atom stereocenters. The van der Waals surface area contributed by atoms with Crippen molar-refractivity contribution in [1.29, 1.82) is 0 Å². The molecule has 0 aliphatic carbocycles. The van der Waals surface area contributed by atoms with Gasteiger partial charge in [0.15, 0.2) is 6.29 Å². The Bertz CT molecular complexity index is 576. The highest BCUT2D eigenvalue weighted by molar-refractivity contribution is 5.90. The number of methoxy groups -OCH3 is 2. The van der Waals surface area contributed by atoms with Gasteiger partial charge in [-0.15, -0.1) is 0 Å². The molecular formula is C18H26N2O5. The largest absolute Gasteiger partial charge is 0.445 e. The van der Waals surface area contributed by atoms with Gasteiger partial charge in [-0.2, -0.15) is 0 Å². The summed E-state index contributed by atoms with van der Waals surface area (Å²) in [6.07, 6.45) is 0.341. The van der Waals surface area contributed by atoms with Crippen LogP contribution < -0.4 is 5.32 Å². The standard InChI is InChI=1S/C18H26N2O5/c1-18(16(21)19-12-15(23-2)24-3)10-7-11-20(18)17(22)25-13-14-8-5-4-6-9-14/h4-6,8-9,15H,7,10-13H2,1-3H3,(H,19,21)/t18-/m0/s1. The summed E-state index contributed by atoms with van der Waals surface area (Å²) >= 11 is 0. The Kier molecular flexibility index (Phi) is 6.78. The number of nitrogens with zero attached hydrogens (tertiary/aromatic N) is 1. The summed E-state index contributed by atoms with van der Waals surface area (Å²) in [5.74, 6) is -0.235. The van der Waals surface area contributed by atoms with Gasteiger partial charge in [0.25, 0.3) is 0 Å². The number of hydrogen-bond donors (Lipinski definition) is 1. The number of nitrogens with one attached hydrogen (secondary N) is 1. The van der Waals surface area contributed by atoms with E-state index in [1.54, 1.807) is 6.92 Å². The van der Waals surface area contributed by atoms with Crippen LogP contribution in [0.15, 0.2) is 30.3 Å². The number of ether oxygens (including phenoxy) is 3. The Balaban J connectivity index is 1.94. The molecule has 1 saturated heterocycles. The average molecular weight is 350 g/mol. The van der Waals surface area contributed by atoms with Crippen molar-refractivity contribution in [1.82, 2.24) is 10.2 Å². The van der Waals surface area contributed by atoms with Gasteiger partial charge in [-0.25, -0.2) is 4.79 Å². The molecule has 7 heteroatoms. The van der Waals surface area contributed by atoms with Crippen molar-refractivity contribution in [2.24, 2.45) is 0 Å². The predicted octanol–water partition coefficient (Wildman–Crippen LogP) is 1.91. The van der Waals surface area contributed by atoms with E-state index in [2.05, 4.69) is 5.32 Å². The van der Waals surface area contributed by atoms with E-state index in [0.717, 1.165) is 12.0 Å². The van der Waals surface area contributed by atoms with Gasteiger partial charge in [-0.1, -0.05) is 30.3 Å². The fraction of sp³-hybridized carbons (Fsp3) is 0.556. The Hall–Kier alpha value is -2.12. The Labute approximate surface area is 148 Å². The normalized spacial score (nSPS) is 19.9. The SMILES string of the molecule is COC(CNC(=O)[C@]1(C)CCCN1C(=O)OCc1ccccc1)OC. The second kappa shape index (κ2) is 8.82. The van der Waals surface area contributed by atoms with Gasteiger partial charge in [0, 0.05) is 20.8 Å². The van der Waals surface area contributed by atoms with E-state index >= 15 is 0 Å². The van der Waals surface area contributed by atoms with Gasteiger partial charge in [0.1, 0.15) is 12.1 Å². The van der Waals surface area contributed by atoms with Crippen LogP contribution in [0.1, 0.15) is 25.3 Å². The maximum Gasteiger partial charge on any atom is 0.410 e. The Morgan fingerprint density at radius 1 is 1.24 bits per heavy atom. The van der Waals surface area contributed by atoms with E-state index in [1.165, 1.54) is 19.1 Å². The summed E-state index contributed by atoms with van der Waals surface area (Å²) in [5, 5.41) is 2.79. The maximum atomic E-state index is 12.6. The number of hydrogen-bond acceptors (Lipinski definition) is 5. The van der Waals surface area contributed by atoms with Crippen LogP contribution in [-0.2, 0) is 25.6 Å². The summed E-state index contributed by atoms with van der Waals surface area (Å²) in [6.45, 7) is 2.65. The third kappa shape index (κ3) is 4.70. The molecule has 0 bridgehead atoms. The van der Waals surface area contributed by atoms with Crippen LogP contribution >= 0.6 is 0 Å².